The fourth-order valence-electron chi connectivity index (χ4n) is 4.12. The van der Waals surface area contributed by atoms with Gasteiger partial charge in [0.05, 0.1) is 23.1 Å². The fourth-order valence-corrected chi connectivity index (χ4v) is 5.93. The Morgan fingerprint density at radius 2 is 1.74 bits per heavy atom. The van der Waals surface area contributed by atoms with E-state index in [-0.39, 0.29) is 11.3 Å². The van der Waals surface area contributed by atoms with E-state index in [1.165, 1.54) is 4.31 Å². The number of unbranched alkanes of at least 4 members (excludes halogenated alkanes) is 2. The van der Waals surface area contributed by atoms with Gasteiger partial charge in [0.1, 0.15) is 0 Å². The summed E-state index contributed by atoms with van der Waals surface area (Å²) in [6.07, 6.45) is 6.82. The molecule has 31 heavy (non-hydrogen) atoms. The highest BCUT2D eigenvalue weighted by Gasteiger charge is 2.57. The number of hydrogen-bond acceptors (Lipinski definition) is 4. The van der Waals surface area contributed by atoms with Gasteiger partial charge in [-0.2, -0.15) is 14.8 Å². The molecule has 3 rings (SSSR count). The predicted molar refractivity (Wildman–Crippen MR) is 120 cm³/mol. The number of allylic oxidation sites excluding steroid dienone is 1. The highest BCUT2D eigenvalue weighted by molar-refractivity contribution is 7.89. The van der Waals surface area contributed by atoms with Crippen molar-refractivity contribution in [2.24, 2.45) is 5.41 Å². The van der Waals surface area contributed by atoms with Gasteiger partial charge >= 0.3 is 0 Å². The lowest BCUT2D eigenvalue weighted by atomic mass is 9.79. The molecule has 1 aliphatic rings. The molecule has 1 saturated heterocycles. The minimum atomic E-state index is -3.96. The minimum absolute atomic E-state index is 0.132. The number of benzene rings is 2. The van der Waals surface area contributed by atoms with E-state index in [2.05, 4.69) is 19.1 Å². The third kappa shape index (κ3) is 4.42. The summed E-state index contributed by atoms with van der Waals surface area (Å²) in [5.41, 5.74) is 0.129. The van der Waals surface area contributed by atoms with E-state index in [9.17, 15) is 18.9 Å². The van der Waals surface area contributed by atoms with Crippen molar-refractivity contribution in [1.29, 1.82) is 10.5 Å². The average Bonchev–Trinajstić information content (AvgIpc) is 3.13. The molecule has 0 aliphatic carbocycles. The van der Waals surface area contributed by atoms with Crippen molar-refractivity contribution in [3.05, 3.63) is 77.9 Å². The topological polar surface area (TPSA) is 85.0 Å². The van der Waals surface area contributed by atoms with Gasteiger partial charge in [-0.25, -0.2) is 8.42 Å². The van der Waals surface area contributed by atoms with E-state index in [1.54, 1.807) is 48.5 Å². The first-order chi connectivity index (χ1) is 14.9. The van der Waals surface area contributed by atoms with Crippen molar-refractivity contribution in [2.45, 2.75) is 56.5 Å². The molecule has 0 spiro atoms. The Morgan fingerprint density at radius 3 is 2.32 bits per heavy atom. The summed E-state index contributed by atoms with van der Waals surface area (Å²) >= 11 is 0. The van der Waals surface area contributed by atoms with Crippen LogP contribution in [0.3, 0.4) is 0 Å². The lowest BCUT2D eigenvalue weighted by Gasteiger charge is -2.30. The molecule has 6 heteroatoms. The van der Waals surface area contributed by atoms with Gasteiger partial charge in [0.15, 0.2) is 5.41 Å². The molecule has 2 unspecified atom stereocenters. The average molecular weight is 434 g/mol. The Labute approximate surface area is 185 Å². The van der Waals surface area contributed by atoms with Crippen LogP contribution in [0.2, 0.25) is 0 Å². The summed E-state index contributed by atoms with van der Waals surface area (Å²) in [7, 11) is -3.96. The van der Waals surface area contributed by atoms with Gasteiger partial charge in [-0.3, -0.25) is 0 Å². The summed E-state index contributed by atoms with van der Waals surface area (Å²) in [5, 5.41) is 20.1. The molecule has 5 nitrogen and oxygen atoms in total. The van der Waals surface area contributed by atoms with Crippen LogP contribution in [0.1, 0.15) is 49.8 Å². The normalized spacial score (nSPS) is 21.0. The Balaban J connectivity index is 2.18. The molecule has 2 atom stereocenters. The third-order valence-electron chi connectivity index (χ3n) is 5.77. The zero-order chi connectivity index (χ0) is 22.5. The number of aryl methyl sites for hydroxylation is 1. The van der Waals surface area contributed by atoms with Crippen LogP contribution in [-0.2, 0) is 10.0 Å². The van der Waals surface area contributed by atoms with Gasteiger partial charge < -0.3 is 0 Å². The van der Waals surface area contributed by atoms with Crippen LogP contribution in [0, 0.1) is 35.0 Å². The van der Waals surface area contributed by atoms with E-state index in [1.807, 2.05) is 25.1 Å². The van der Waals surface area contributed by atoms with E-state index in [0.29, 0.717) is 5.56 Å². The minimum Gasteiger partial charge on any atom is -0.207 e. The van der Waals surface area contributed by atoms with Crippen LogP contribution in [-0.4, -0.2) is 18.8 Å². The Bertz CT molecular complexity index is 1100. The van der Waals surface area contributed by atoms with Gasteiger partial charge in [-0.1, -0.05) is 79.9 Å². The van der Waals surface area contributed by atoms with Crippen LogP contribution in [0.5, 0.6) is 0 Å². The van der Waals surface area contributed by atoms with Gasteiger partial charge in [-0.15, -0.1) is 0 Å². The number of sulfonamides is 1. The molecule has 2 aromatic carbocycles. The Morgan fingerprint density at radius 1 is 1.10 bits per heavy atom. The maximum atomic E-state index is 13.8. The summed E-state index contributed by atoms with van der Waals surface area (Å²) in [4.78, 5) is 0.165. The van der Waals surface area contributed by atoms with Crippen LogP contribution in [0.25, 0.3) is 0 Å². The smallest absolute Gasteiger partial charge is 0.207 e. The van der Waals surface area contributed by atoms with E-state index in [4.69, 9.17) is 0 Å². The van der Waals surface area contributed by atoms with Crippen LogP contribution in [0.4, 0.5) is 0 Å². The number of rotatable bonds is 7. The number of nitrogens with zero attached hydrogens (tertiary/aromatic N) is 3. The third-order valence-corrected chi connectivity index (χ3v) is 7.68. The highest BCUT2D eigenvalue weighted by atomic mass is 32.2. The lowest BCUT2D eigenvalue weighted by Crippen LogP contribution is -2.38. The first-order valence-electron chi connectivity index (χ1n) is 10.5. The molecule has 2 aromatic rings. The molecule has 160 valence electrons. The van der Waals surface area contributed by atoms with Crippen molar-refractivity contribution in [1.82, 2.24) is 4.31 Å². The van der Waals surface area contributed by atoms with Crippen molar-refractivity contribution in [3.8, 4) is 12.1 Å². The fraction of sp³-hybridized carbons (Fsp3) is 0.360. The van der Waals surface area contributed by atoms with E-state index >= 15 is 0 Å². The quantitative estimate of drug-likeness (QED) is 0.439. The van der Waals surface area contributed by atoms with E-state index in [0.717, 1.165) is 24.8 Å². The second-order valence-electron chi connectivity index (χ2n) is 8.00. The standard InChI is InChI=1S/C25H27N3O2S/c1-3-4-5-9-12-22-17-25(18-26,19-27)24(21-10-7-6-8-11-21)28(22)31(29,30)23-15-13-20(2)14-16-23/h6-16,22,24H,3-5,17H2,1-2H3. The molecule has 0 radical (unpaired) electrons. The maximum absolute atomic E-state index is 13.8. The SMILES string of the molecule is CCCCC=CC1CC(C#N)(C#N)C(c2ccccc2)N1S(=O)(=O)c1ccc(C)cc1. The van der Waals surface area contributed by atoms with Gasteiger partial charge in [0, 0.05) is 12.5 Å². The molecule has 0 N–H and O–H groups in total. The van der Waals surface area contributed by atoms with Crippen LogP contribution in [0.15, 0.2) is 71.6 Å². The van der Waals surface area contributed by atoms with Crippen molar-refractivity contribution >= 4 is 10.0 Å². The van der Waals surface area contributed by atoms with Gasteiger partial charge in [0.25, 0.3) is 0 Å². The molecule has 0 aromatic heterocycles. The first kappa shape index (κ1) is 22.7. The number of nitriles is 2. The largest absolute Gasteiger partial charge is 0.244 e. The Hall–Kier alpha value is -2.93. The zero-order valence-corrected chi connectivity index (χ0v) is 18.7. The zero-order valence-electron chi connectivity index (χ0n) is 17.9. The highest BCUT2D eigenvalue weighted by Crippen LogP contribution is 2.52. The molecular formula is C25H27N3O2S. The van der Waals surface area contributed by atoms with Gasteiger partial charge in [0.2, 0.25) is 10.0 Å². The first-order valence-corrected chi connectivity index (χ1v) is 12.0. The summed E-state index contributed by atoms with van der Waals surface area (Å²) in [6, 6.07) is 18.6. The van der Waals surface area contributed by atoms with Gasteiger partial charge in [-0.05, 0) is 31.0 Å². The molecule has 0 bridgehead atoms. The number of hydrogen-bond donors (Lipinski definition) is 0. The predicted octanol–water partition coefficient (Wildman–Crippen LogP) is 5.28. The monoisotopic (exact) mass is 433 g/mol. The molecule has 1 aliphatic heterocycles. The maximum Gasteiger partial charge on any atom is 0.244 e. The molecule has 0 saturated carbocycles. The second kappa shape index (κ2) is 9.47. The molecule has 1 fully saturated rings. The second-order valence-corrected chi connectivity index (χ2v) is 9.84. The molecule has 1 heterocycles. The Kier molecular flexibility index (Phi) is 6.95. The summed E-state index contributed by atoms with van der Waals surface area (Å²) in [6.45, 7) is 3.99. The van der Waals surface area contributed by atoms with E-state index < -0.39 is 27.5 Å². The van der Waals surface area contributed by atoms with Crippen LogP contribution < -0.4 is 0 Å². The molecule has 0 amide bonds. The summed E-state index contributed by atoms with van der Waals surface area (Å²) < 4.78 is 29.0. The van der Waals surface area contributed by atoms with Crippen LogP contribution >= 0.6 is 0 Å². The molecular weight excluding hydrogens is 406 g/mol. The summed E-state index contributed by atoms with van der Waals surface area (Å²) in [5.74, 6) is 0. The lowest BCUT2D eigenvalue weighted by molar-refractivity contribution is 0.318. The van der Waals surface area contributed by atoms with Crippen molar-refractivity contribution < 1.29 is 8.42 Å². The van der Waals surface area contributed by atoms with Crippen molar-refractivity contribution in [2.75, 3.05) is 0 Å². The van der Waals surface area contributed by atoms with Crippen molar-refractivity contribution in [3.63, 3.8) is 0 Å².